The Labute approximate surface area is 134 Å². The van der Waals surface area contributed by atoms with Crippen LogP contribution in [0.2, 0.25) is 0 Å². The second kappa shape index (κ2) is 6.27. The molecule has 0 aliphatic carbocycles. The van der Waals surface area contributed by atoms with Gasteiger partial charge >= 0.3 is 0 Å². The Bertz CT molecular complexity index is 854. The third-order valence-electron chi connectivity index (χ3n) is 3.07. The van der Waals surface area contributed by atoms with Gasteiger partial charge in [0.15, 0.2) is 28.2 Å². The Morgan fingerprint density at radius 3 is 1.62 bits per heavy atom. The first-order valence-electron chi connectivity index (χ1n) is 6.38. The van der Waals surface area contributed by atoms with Crippen LogP contribution in [0.15, 0.2) is 29.2 Å². The van der Waals surface area contributed by atoms with Crippen molar-refractivity contribution < 1.29 is 30.4 Å². The Kier molecular flexibility index (Phi) is 4.70. The van der Waals surface area contributed by atoms with Crippen molar-refractivity contribution in [2.24, 2.45) is 0 Å². The van der Waals surface area contributed by atoms with Crippen LogP contribution in [0.3, 0.4) is 0 Å². The molecule has 0 bridgehead atoms. The highest BCUT2D eigenvalue weighted by molar-refractivity contribution is 7.92. The zero-order valence-electron chi connectivity index (χ0n) is 12.4. The third kappa shape index (κ3) is 3.14. The molecule has 130 valence electrons. The molecule has 0 unspecified atom stereocenters. The first kappa shape index (κ1) is 18.0. The number of rotatable bonds is 4. The molecule has 2 rings (SSSR count). The Hall–Kier alpha value is -2.36. The molecule has 0 saturated heterocycles. The number of sulfonamides is 1. The van der Waals surface area contributed by atoms with Crippen molar-refractivity contribution in [2.75, 3.05) is 23.7 Å². The molecule has 0 amide bonds. The minimum atomic E-state index is -5.03. The van der Waals surface area contributed by atoms with E-state index in [1.807, 2.05) is 0 Å². The zero-order chi connectivity index (χ0) is 18.2. The van der Waals surface area contributed by atoms with Gasteiger partial charge in [-0.25, -0.2) is 30.4 Å². The number of halogens is 5. The van der Waals surface area contributed by atoms with E-state index in [1.165, 1.54) is 24.3 Å². The lowest BCUT2D eigenvalue weighted by atomic mass is 10.3. The van der Waals surface area contributed by atoms with Gasteiger partial charge in [0.25, 0.3) is 10.0 Å². The number of hydrogen-bond donors (Lipinski definition) is 1. The molecule has 2 aromatic carbocycles. The van der Waals surface area contributed by atoms with E-state index in [9.17, 15) is 30.4 Å². The monoisotopic (exact) mass is 366 g/mol. The molecule has 0 aliphatic heterocycles. The number of hydrogen-bond acceptors (Lipinski definition) is 3. The normalized spacial score (nSPS) is 11.5. The van der Waals surface area contributed by atoms with Crippen LogP contribution in [-0.2, 0) is 10.0 Å². The molecule has 0 saturated carbocycles. The molecule has 2 aromatic rings. The van der Waals surface area contributed by atoms with E-state index in [1.54, 1.807) is 23.7 Å². The second-order valence-corrected chi connectivity index (χ2v) is 6.57. The van der Waals surface area contributed by atoms with Crippen LogP contribution < -0.4 is 9.62 Å². The Balaban J connectivity index is 2.48. The summed E-state index contributed by atoms with van der Waals surface area (Å²) >= 11 is 0. The predicted octanol–water partition coefficient (Wildman–Crippen LogP) is 3.25. The molecule has 1 N–H and O–H groups in total. The van der Waals surface area contributed by atoms with Gasteiger partial charge in [-0.15, -0.1) is 0 Å². The zero-order valence-corrected chi connectivity index (χ0v) is 13.2. The van der Waals surface area contributed by atoms with Crippen LogP contribution in [0, 0.1) is 29.1 Å². The maximum Gasteiger partial charge on any atom is 0.267 e. The summed E-state index contributed by atoms with van der Waals surface area (Å²) in [5.74, 6) is -12.0. The Morgan fingerprint density at radius 2 is 1.21 bits per heavy atom. The summed E-state index contributed by atoms with van der Waals surface area (Å²) in [7, 11) is -1.57. The molecule has 24 heavy (non-hydrogen) atoms. The van der Waals surface area contributed by atoms with Crippen molar-refractivity contribution in [1.82, 2.24) is 0 Å². The van der Waals surface area contributed by atoms with Crippen LogP contribution in [0.25, 0.3) is 0 Å². The molecule has 0 fully saturated rings. The van der Waals surface area contributed by atoms with E-state index in [4.69, 9.17) is 0 Å². The lowest BCUT2D eigenvalue weighted by Gasteiger charge is -2.14. The molecule has 0 spiro atoms. The van der Waals surface area contributed by atoms with Crippen molar-refractivity contribution in [3.63, 3.8) is 0 Å². The molecule has 0 aromatic heterocycles. The van der Waals surface area contributed by atoms with E-state index >= 15 is 0 Å². The molecule has 0 aliphatic rings. The second-order valence-electron chi connectivity index (χ2n) is 4.95. The average Bonchev–Trinajstić information content (AvgIpc) is 2.51. The molecule has 4 nitrogen and oxygen atoms in total. The fourth-order valence-electron chi connectivity index (χ4n) is 1.85. The summed E-state index contributed by atoms with van der Waals surface area (Å²) < 4.78 is 92.4. The van der Waals surface area contributed by atoms with Gasteiger partial charge in [-0.05, 0) is 24.3 Å². The van der Waals surface area contributed by atoms with Gasteiger partial charge in [0.1, 0.15) is 0 Å². The van der Waals surface area contributed by atoms with Gasteiger partial charge < -0.3 is 4.90 Å². The summed E-state index contributed by atoms with van der Waals surface area (Å²) in [6.07, 6.45) is 0. The fraction of sp³-hybridized carbons (Fsp3) is 0.143. The summed E-state index contributed by atoms with van der Waals surface area (Å²) in [5, 5.41) is 0. The highest BCUT2D eigenvalue weighted by atomic mass is 32.2. The lowest BCUT2D eigenvalue weighted by molar-refractivity contribution is 0.358. The van der Waals surface area contributed by atoms with Crippen molar-refractivity contribution in [2.45, 2.75) is 4.90 Å². The predicted molar refractivity (Wildman–Crippen MR) is 77.8 cm³/mol. The highest BCUT2D eigenvalue weighted by Crippen LogP contribution is 2.28. The van der Waals surface area contributed by atoms with E-state index < -0.39 is 44.0 Å². The lowest BCUT2D eigenvalue weighted by Crippen LogP contribution is -2.19. The SMILES string of the molecule is CN(C)c1ccc(NS(=O)(=O)c2c(F)c(F)c(F)c(F)c2F)cc1. The van der Waals surface area contributed by atoms with E-state index in [0.29, 0.717) is 5.69 Å². The Morgan fingerprint density at radius 1 is 0.792 bits per heavy atom. The molecule has 0 radical (unpaired) electrons. The fourth-order valence-corrected chi connectivity index (χ4v) is 3.05. The minimum absolute atomic E-state index is 0.107. The molecular formula is C14H11F5N2O2S. The smallest absolute Gasteiger partial charge is 0.267 e. The van der Waals surface area contributed by atoms with Crippen LogP contribution in [0.5, 0.6) is 0 Å². The third-order valence-corrected chi connectivity index (χ3v) is 4.47. The van der Waals surface area contributed by atoms with Gasteiger partial charge in [0.2, 0.25) is 5.82 Å². The van der Waals surface area contributed by atoms with Crippen molar-refractivity contribution >= 4 is 21.4 Å². The van der Waals surface area contributed by atoms with Gasteiger partial charge in [-0.3, -0.25) is 4.72 Å². The highest BCUT2D eigenvalue weighted by Gasteiger charge is 2.33. The summed E-state index contributed by atoms with van der Waals surface area (Å²) in [4.78, 5) is -0.224. The average molecular weight is 366 g/mol. The van der Waals surface area contributed by atoms with Crippen LogP contribution in [0.1, 0.15) is 0 Å². The number of anilines is 2. The largest absolute Gasteiger partial charge is 0.378 e. The van der Waals surface area contributed by atoms with Crippen LogP contribution in [-0.4, -0.2) is 22.5 Å². The number of benzene rings is 2. The maximum atomic E-state index is 13.6. The van der Waals surface area contributed by atoms with Gasteiger partial charge in [-0.1, -0.05) is 0 Å². The minimum Gasteiger partial charge on any atom is -0.378 e. The molecule has 10 heteroatoms. The van der Waals surface area contributed by atoms with Gasteiger partial charge in [0.05, 0.1) is 0 Å². The van der Waals surface area contributed by atoms with Crippen molar-refractivity contribution in [1.29, 1.82) is 0 Å². The quantitative estimate of drug-likeness (QED) is 0.513. The molecule has 0 atom stereocenters. The van der Waals surface area contributed by atoms with E-state index in [0.717, 1.165) is 0 Å². The number of nitrogens with zero attached hydrogens (tertiary/aromatic N) is 1. The topological polar surface area (TPSA) is 49.4 Å². The van der Waals surface area contributed by atoms with Crippen LogP contribution in [0.4, 0.5) is 33.3 Å². The van der Waals surface area contributed by atoms with Crippen molar-refractivity contribution in [3.8, 4) is 0 Å². The summed E-state index contributed by atoms with van der Waals surface area (Å²) in [5.41, 5.74) is 0.596. The maximum absolute atomic E-state index is 13.6. The summed E-state index contributed by atoms with van der Waals surface area (Å²) in [6.45, 7) is 0. The number of nitrogens with one attached hydrogen (secondary N) is 1. The van der Waals surface area contributed by atoms with E-state index in [-0.39, 0.29) is 5.69 Å². The first-order valence-corrected chi connectivity index (χ1v) is 7.86. The van der Waals surface area contributed by atoms with E-state index in [2.05, 4.69) is 0 Å². The van der Waals surface area contributed by atoms with Crippen molar-refractivity contribution in [3.05, 3.63) is 53.4 Å². The van der Waals surface area contributed by atoms with Gasteiger partial charge in [0, 0.05) is 25.5 Å². The first-order chi connectivity index (χ1) is 11.1. The standard InChI is InChI=1S/C14H11F5N2O2S/c1-21(2)8-5-3-7(4-6-8)20-24(22,23)14-12(18)10(16)9(15)11(17)13(14)19/h3-6,20H,1-2H3. The molecule has 0 heterocycles. The summed E-state index contributed by atoms with van der Waals surface area (Å²) in [6, 6.07) is 5.55. The molecular weight excluding hydrogens is 355 g/mol. The van der Waals surface area contributed by atoms with Crippen LogP contribution >= 0.6 is 0 Å². The van der Waals surface area contributed by atoms with Gasteiger partial charge in [-0.2, -0.15) is 0 Å².